The molecule has 23 heavy (non-hydrogen) atoms. The average molecular weight is 313 g/mol. The smallest absolute Gasteiger partial charge is 0.421 e. The van der Waals surface area contributed by atoms with Crippen molar-refractivity contribution in [3.05, 3.63) is 53.1 Å². The minimum Gasteiger partial charge on any atom is -0.492 e. The molecule has 0 atom stereocenters. The van der Waals surface area contributed by atoms with Crippen LogP contribution in [0.4, 0.5) is 5.69 Å². The van der Waals surface area contributed by atoms with Crippen LogP contribution in [0.3, 0.4) is 0 Å². The first-order valence-corrected chi connectivity index (χ1v) is 7.15. The molecular formula is C16H15N3O4. The summed E-state index contributed by atoms with van der Waals surface area (Å²) in [5.41, 5.74) is 1.24. The van der Waals surface area contributed by atoms with E-state index >= 15 is 0 Å². The van der Waals surface area contributed by atoms with Crippen molar-refractivity contribution in [3.8, 4) is 5.75 Å². The molecule has 0 aliphatic rings. The number of nitrogens with zero attached hydrogens (tertiary/aromatic N) is 2. The quantitative estimate of drug-likeness (QED) is 0.779. The van der Waals surface area contributed by atoms with Gasteiger partial charge in [0, 0.05) is 6.20 Å². The van der Waals surface area contributed by atoms with Crippen LogP contribution in [-0.2, 0) is 11.3 Å². The van der Waals surface area contributed by atoms with Crippen LogP contribution in [0.15, 0.2) is 51.8 Å². The molecule has 3 aromatic rings. The van der Waals surface area contributed by atoms with Gasteiger partial charge in [-0.2, -0.15) is 0 Å². The maximum atomic E-state index is 12.2. The molecule has 7 nitrogen and oxygen atoms in total. The number of pyridine rings is 1. The van der Waals surface area contributed by atoms with Gasteiger partial charge >= 0.3 is 5.76 Å². The van der Waals surface area contributed by atoms with E-state index in [1.165, 1.54) is 10.8 Å². The molecule has 7 heteroatoms. The van der Waals surface area contributed by atoms with Crippen molar-refractivity contribution in [1.82, 2.24) is 9.55 Å². The molecule has 1 N–H and O–H groups in total. The molecule has 0 saturated heterocycles. The Morgan fingerprint density at radius 2 is 2.13 bits per heavy atom. The number of carbonyl (C=O) groups is 1. The predicted octanol–water partition coefficient (Wildman–Crippen LogP) is 2.03. The highest BCUT2D eigenvalue weighted by molar-refractivity contribution is 5.92. The third-order valence-electron chi connectivity index (χ3n) is 3.19. The molecule has 0 fully saturated rings. The second-order valence-corrected chi connectivity index (χ2v) is 4.76. The highest BCUT2D eigenvalue weighted by atomic mass is 16.5. The van der Waals surface area contributed by atoms with E-state index in [4.69, 9.17) is 9.15 Å². The second kappa shape index (κ2) is 6.35. The molecule has 0 bridgehead atoms. The number of oxazole rings is 1. The Balaban J connectivity index is 1.82. The van der Waals surface area contributed by atoms with Gasteiger partial charge in [-0.25, -0.2) is 14.3 Å². The zero-order valence-electron chi connectivity index (χ0n) is 12.5. The molecule has 118 valence electrons. The number of nitrogens with one attached hydrogen (secondary N) is 1. The number of anilines is 1. The van der Waals surface area contributed by atoms with E-state index in [1.54, 1.807) is 30.3 Å². The average Bonchev–Trinajstić information content (AvgIpc) is 2.85. The Morgan fingerprint density at radius 1 is 1.30 bits per heavy atom. The first-order chi connectivity index (χ1) is 11.2. The summed E-state index contributed by atoms with van der Waals surface area (Å²) in [6, 6.07) is 10.4. The summed E-state index contributed by atoms with van der Waals surface area (Å²) in [5, 5.41) is 2.73. The minimum absolute atomic E-state index is 0.191. The highest BCUT2D eigenvalue weighted by Crippen LogP contribution is 2.23. The van der Waals surface area contributed by atoms with Crippen LogP contribution < -0.4 is 15.8 Å². The van der Waals surface area contributed by atoms with Gasteiger partial charge in [0.25, 0.3) is 0 Å². The normalized spacial score (nSPS) is 10.7. The summed E-state index contributed by atoms with van der Waals surface area (Å²) in [6.45, 7) is 2.16. The minimum atomic E-state index is -0.619. The predicted molar refractivity (Wildman–Crippen MR) is 84.5 cm³/mol. The van der Waals surface area contributed by atoms with Crippen molar-refractivity contribution in [2.24, 2.45) is 0 Å². The molecule has 0 saturated carbocycles. The van der Waals surface area contributed by atoms with Gasteiger partial charge in [0.1, 0.15) is 12.3 Å². The van der Waals surface area contributed by atoms with Crippen LogP contribution in [0.5, 0.6) is 5.75 Å². The summed E-state index contributed by atoms with van der Waals surface area (Å²) < 4.78 is 11.7. The lowest BCUT2D eigenvalue weighted by molar-refractivity contribution is -0.116. The molecule has 0 radical (unpaired) electrons. The highest BCUT2D eigenvalue weighted by Gasteiger charge is 2.14. The maximum Gasteiger partial charge on any atom is 0.421 e. The van der Waals surface area contributed by atoms with E-state index in [1.807, 2.05) is 13.0 Å². The number of rotatable bonds is 5. The number of carbonyl (C=O) groups excluding carboxylic acids is 1. The lowest BCUT2D eigenvalue weighted by Crippen LogP contribution is -2.25. The molecule has 2 heterocycles. The van der Waals surface area contributed by atoms with Crippen molar-refractivity contribution >= 4 is 22.8 Å². The number of ether oxygens (including phenoxy) is 1. The number of fused-ring (bicyclic) bond motifs is 1. The van der Waals surface area contributed by atoms with Gasteiger partial charge in [0.05, 0.1) is 12.3 Å². The van der Waals surface area contributed by atoms with Gasteiger partial charge in [-0.15, -0.1) is 0 Å². The Kier molecular flexibility index (Phi) is 4.09. The van der Waals surface area contributed by atoms with Gasteiger partial charge in [0.15, 0.2) is 11.2 Å². The fourth-order valence-corrected chi connectivity index (χ4v) is 2.22. The molecule has 0 unspecified atom stereocenters. The zero-order chi connectivity index (χ0) is 16.2. The molecule has 0 aliphatic heterocycles. The van der Waals surface area contributed by atoms with Gasteiger partial charge in [-0.1, -0.05) is 12.1 Å². The number of hydrogen-bond acceptors (Lipinski definition) is 5. The third-order valence-corrected chi connectivity index (χ3v) is 3.19. The zero-order valence-corrected chi connectivity index (χ0v) is 12.5. The molecule has 1 amide bonds. The van der Waals surface area contributed by atoms with E-state index in [2.05, 4.69) is 10.3 Å². The molecule has 0 spiro atoms. The molecule has 3 rings (SSSR count). The fraction of sp³-hybridized carbons (Fsp3) is 0.188. The number of para-hydroxylation sites is 2. The fourth-order valence-electron chi connectivity index (χ4n) is 2.22. The molecule has 0 aliphatic carbocycles. The Bertz CT molecular complexity index is 897. The number of aromatic nitrogens is 2. The van der Waals surface area contributed by atoms with Crippen molar-refractivity contribution in [1.29, 1.82) is 0 Å². The largest absolute Gasteiger partial charge is 0.492 e. The summed E-state index contributed by atoms with van der Waals surface area (Å²) in [5.74, 6) is -0.412. The lowest BCUT2D eigenvalue weighted by Gasteiger charge is -2.11. The van der Waals surface area contributed by atoms with E-state index in [0.717, 1.165) is 0 Å². The Morgan fingerprint density at radius 3 is 2.96 bits per heavy atom. The van der Waals surface area contributed by atoms with E-state index in [9.17, 15) is 9.59 Å². The molecule has 2 aromatic heterocycles. The molecular weight excluding hydrogens is 298 g/mol. The number of hydrogen-bond donors (Lipinski definition) is 1. The standard InChI is InChI=1S/C16H15N3O4/c1-2-22-12-7-4-3-6-11(12)18-14(20)10-19-15-13(23-16(19)21)8-5-9-17-15/h3-9H,2,10H2,1H3,(H,18,20). The van der Waals surface area contributed by atoms with Crippen LogP contribution in [0, 0.1) is 0 Å². The summed E-state index contributed by atoms with van der Waals surface area (Å²) in [7, 11) is 0. The van der Waals surface area contributed by atoms with E-state index < -0.39 is 5.76 Å². The monoisotopic (exact) mass is 313 g/mol. The van der Waals surface area contributed by atoms with Crippen molar-refractivity contribution in [2.45, 2.75) is 13.5 Å². The van der Waals surface area contributed by atoms with Crippen LogP contribution in [0.2, 0.25) is 0 Å². The Hall–Kier alpha value is -3.09. The Labute approximate surface area is 131 Å². The van der Waals surface area contributed by atoms with Gasteiger partial charge in [0.2, 0.25) is 5.91 Å². The second-order valence-electron chi connectivity index (χ2n) is 4.76. The van der Waals surface area contributed by atoms with Crippen molar-refractivity contribution in [2.75, 3.05) is 11.9 Å². The number of benzene rings is 1. The van der Waals surface area contributed by atoms with Crippen molar-refractivity contribution < 1.29 is 13.9 Å². The van der Waals surface area contributed by atoms with E-state index in [-0.39, 0.29) is 12.5 Å². The first-order valence-electron chi connectivity index (χ1n) is 7.15. The topological polar surface area (TPSA) is 86.4 Å². The SMILES string of the molecule is CCOc1ccccc1NC(=O)Cn1c(=O)oc2cccnc21. The number of amides is 1. The van der Waals surface area contributed by atoms with Crippen LogP contribution in [-0.4, -0.2) is 22.1 Å². The first kappa shape index (κ1) is 14.8. The maximum absolute atomic E-state index is 12.2. The van der Waals surface area contributed by atoms with Crippen LogP contribution in [0.1, 0.15) is 6.92 Å². The third kappa shape index (κ3) is 3.08. The van der Waals surface area contributed by atoms with Crippen LogP contribution >= 0.6 is 0 Å². The summed E-state index contributed by atoms with van der Waals surface area (Å²) in [6.07, 6.45) is 1.54. The van der Waals surface area contributed by atoms with Gasteiger partial charge < -0.3 is 14.5 Å². The van der Waals surface area contributed by atoms with Crippen molar-refractivity contribution in [3.63, 3.8) is 0 Å². The van der Waals surface area contributed by atoms with E-state index in [0.29, 0.717) is 29.3 Å². The molecule has 1 aromatic carbocycles. The van der Waals surface area contributed by atoms with Gasteiger partial charge in [-0.05, 0) is 31.2 Å². The van der Waals surface area contributed by atoms with Gasteiger partial charge in [-0.3, -0.25) is 4.79 Å². The summed E-state index contributed by atoms with van der Waals surface area (Å²) in [4.78, 5) is 28.2. The van der Waals surface area contributed by atoms with Crippen LogP contribution in [0.25, 0.3) is 11.2 Å². The summed E-state index contributed by atoms with van der Waals surface area (Å²) >= 11 is 0. The lowest BCUT2D eigenvalue weighted by atomic mass is 10.3.